The molecule has 0 spiro atoms. The molecule has 1 aliphatic heterocycles. The lowest BCUT2D eigenvalue weighted by molar-refractivity contribution is 0.0904. The van der Waals surface area contributed by atoms with Gasteiger partial charge in [0, 0.05) is 38.0 Å². The van der Waals surface area contributed by atoms with E-state index < -0.39 is 10.0 Å². The summed E-state index contributed by atoms with van der Waals surface area (Å²) in [5, 5.41) is 3.54. The molecule has 29 heavy (non-hydrogen) atoms. The molecule has 1 aliphatic rings. The normalized spacial score (nSPS) is 15.7. The first kappa shape index (κ1) is 21.8. The summed E-state index contributed by atoms with van der Waals surface area (Å²) in [6, 6.07) is 18.0. The monoisotopic (exact) mass is 416 g/mol. The Hall–Kier alpha value is -1.89. The van der Waals surface area contributed by atoms with Crippen LogP contribution in [0.4, 0.5) is 5.69 Å². The van der Waals surface area contributed by atoms with Crippen molar-refractivity contribution >= 4 is 15.7 Å². The number of hydrogen-bond acceptors (Lipinski definition) is 4. The summed E-state index contributed by atoms with van der Waals surface area (Å²) in [7, 11) is -3.40. The van der Waals surface area contributed by atoms with Crippen LogP contribution in [0.5, 0.6) is 0 Å². The highest BCUT2D eigenvalue weighted by atomic mass is 32.2. The summed E-state index contributed by atoms with van der Waals surface area (Å²) in [5.74, 6) is 0.291. The van der Waals surface area contributed by atoms with E-state index in [0.29, 0.717) is 19.1 Å². The van der Waals surface area contributed by atoms with Crippen molar-refractivity contribution < 1.29 is 13.2 Å². The van der Waals surface area contributed by atoms with E-state index in [4.69, 9.17) is 4.74 Å². The lowest BCUT2D eigenvalue weighted by Gasteiger charge is -2.25. The molecule has 2 aromatic rings. The molecule has 1 heterocycles. The molecule has 5 nitrogen and oxygen atoms in total. The number of nitrogens with one attached hydrogen (secondary N) is 1. The smallest absolute Gasteiger partial charge is 0.218 e. The van der Waals surface area contributed by atoms with E-state index in [2.05, 4.69) is 5.32 Å². The van der Waals surface area contributed by atoms with Gasteiger partial charge in [-0.3, -0.25) is 0 Å². The molecular weight excluding hydrogens is 384 g/mol. The molecule has 1 N–H and O–H groups in total. The molecule has 0 radical (unpaired) electrons. The van der Waals surface area contributed by atoms with Crippen molar-refractivity contribution in [2.45, 2.75) is 45.0 Å². The van der Waals surface area contributed by atoms with Crippen molar-refractivity contribution in [2.24, 2.45) is 5.92 Å². The molecule has 2 aromatic carbocycles. The zero-order chi connectivity index (χ0) is 20.7. The van der Waals surface area contributed by atoms with Crippen LogP contribution in [0.1, 0.15) is 37.8 Å². The Kier molecular flexibility index (Phi) is 7.70. The maximum Gasteiger partial charge on any atom is 0.218 e. The Morgan fingerprint density at radius 1 is 1.00 bits per heavy atom. The molecule has 3 rings (SSSR count). The average Bonchev–Trinajstić information content (AvgIpc) is 2.70. The minimum atomic E-state index is -3.40. The fourth-order valence-electron chi connectivity index (χ4n) is 3.55. The number of hydrogen-bond donors (Lipinski definition) is 1. The van der Waals surface area contributed by atoms with E-state index in [-0.39, 0.29) is 11.7 Å². The minimum Gasteiger partial charge on any atom is -0.382 e. The summed E-state index contributed by atoms with van der Waals surface area (Å²) >= 11 is 0. The van der Waals surface area contributed by atoms with E-state index in [1.54, 1.807) is 4.31 Å². The van der Waals surface area contributed by atoms with Gasteiger partial charge < -0.3 is 10.1 Å². The van der Waals surface area contributed by atoms with Gasteiger partial charge in [0.1, 0.15) is 0 Å². The van der Waals surface area contributed by atoms with Gasteiger partial charge >= 0.3 is 0 Å². The van der Waals surface area contributed by atoms with E-state index in [1.165, 1.54) is 0 Å². The van der Waals surface area contributed by atoms with Crippen LogP contribution in [0, 0.1) is 5.92 Å². The number of ether oxygens (including phenoxy) is 1. The van der Waals surface area contributed by atoms with Gasteiger partial charge in [-0.15, -0.1) is 0 Å². The maximum absolute atomic E-state index is 13.1. The molecule has 0 unspecified atom stereocenters. The lowest BCUT2D eigenvalue weighted by Crippen LogP contribution is -2.34. The summed E-state index contributed by atoms with van der Waals surface area (Å²) in [4.78, 5) is 0. The van der Waals surface area contributed by atoms with Gasteiger partial charge in [-0.25, -0.2) is 8.42 Å². The van der Waals surface area contributed by atoms with Crippen LogP contribution < -0.4 is 5.32 Å². The van der Waals surface area contributed by atoms with E-state index in [9.17, 15) is 8.42 Å². The first-order chi connectivity index (χ1) is 13.9. The number of nitrogens with zero attached hydrogens (tertiary/aromatic N) is 1. The van der Waals surface area contributed by atoms with E-state index in [0.717, 1.165) is 42.9 Å². The van der Waals surface area contributed by atoms with E-state index >= 15 is 0 Å². The molecule has 0 aromatic heterocycles. The fraction of sp³-hybridized carbons (Fsp3) is 0.478. The lowest BCUT2D eigenvalue weighted by atomic mass is 10.1. The van der Waals surface area contributed by atoms with Crippen molar-refractivity contribution in [3.63, 3.8) is 0 Å². The Morgan fingerprint density at radius 2 is 1.66 bits per heavy atom. The van der Waals surface area contributed by atoms with Crippen molar-refractivity contribution in [1.82, 2.24) is 4.31 Å². The zero-order valence-electron chi connectivity index (χ0n) is 17.4. The first-order valence-electron chi connectivity index (χ1n) is 10.4. The average molecular weight is 417 g/mol. The molecule has 1 fully saturated rings. The van der Waals surface area contributed by atoms with Gasteiger partial charge in [0.05, 0.1) is 5.75 Å². The molecule has 0 bridgehead atoms. The van der Waals surface area contributed by atoms with Crippen molar-refractivity contribution in [3.05, 3.63) is 65.7 Å². The topological polar surface area (TPSA) is 58.6 Å². The molecule has 0 aliphatic carbocycles. The molecule has 0 amide bonds. The highest BCUT2D eigenvalue weighted by Crippen LogP contribution is 2.20. The second-order valence-electron chi connectivity index (χ2n) is 8.16. The Labute approximate surface area is 175 Å². The van der Waals surface area contributed by atoms with Crippen LogP contribution in [0.2, 0.25) is 0 Å². The van der Waals surface area contributed by atoms with Crippen LogP contribution in [0.25, 0.3) is 0 Å². The third-order valence-electron chi connectivity index (χ3n) is 5.06. The summed E-state index contributed by atoms with van der Waals surface area (Å²) < 4.78 is 33.2. The van der Waals surface area contributed by atoms with Crippen LogP contribution in [0.3, 0.4) is 0 Å². The van der Waals surface area contributed by atoms with Crippen LogP contribution in [-0.2, 0) is 27.1 Å². The van der Waals surface area contributed by atoms with Gasteiger partial charge in [-0.1, -0.05) is 56.3 Å². The third kappa shape index (κ3) is 6.84. The third-order valence-corrected chi connectivity index (χ3v) is 6.82. The molecular formula is C23H32N2O3S. The molecule has 1 saturated heterocycles. The number of benzene rings is 2. The van der Waals surface area contributed by atoms with Crippen LogP contribution in [0.15, 0.2) is 54.6 Å². The standard InChI is InChI=1S/C23H32N2O3S/c1-19(2)16-25(29(26,27)18-21-6-4-3-5-7-21)17-20-8-10-22(11-9-20)24-23-12-14-28-15-13-23/h3-11,19,23-24H,12-18H2,1-2H3. The number of sulfonamides is 1. The molecule has 6 heteroatoms. The van der Waals surface area contributed by atoms with Gasteiger partial charge in [-0.05, 0) is 42.0 Å². The highest BCUT2D eigenvalue weighted by molar-refractivity contribution is 7.88. The highest BCUT2D eigenvalue weighted by Gasteiger charge is 2.23. The van der Waals surface area contributed by atoms with E-state index in [1.807, 2.05) is 68.4 Å². The SMILES string of the molecule is CC(C)CN(Cc1ccc(NC2CCOCC2)cc1)S(=O)(=O)Cc1ccccc1. The van der Waals surface area contributed by atoms with Crippen molar-refractivity contribution in [1.29, 1.82) is 0 Å². The molecule has 0 atom stereocenters. The fourth-order valence-corrected chi connectivity index (χ4v) is 5.21. The Balaban J connectivity index is 1.67. The number of rotatable bonds is 9. The minimum absolute atomic E-state index is 0.0317. The van der Waals surface area contributed by atoms with Gasteiger partial charge in [0.25, 0.3) is 0 Å². The summed E-state index contributed by atoms with van der Waals surface area (Å²) in [6.07, 6.45) is 2.03. The predicted octanol–water partition coefficient (Wildman–Crippen LogP) is 4.27. The van der Waals surface area contributed by atoms with Crippen molar-refractivity contribution in [2.75, 3.05) is 25.1 Å². The summed E-state index contributed by atoms with van der Waals surface area (Å²) in [5.41, 5.74) is 2.89. The van der Waals surface area contributed by atoms with Gasteiger partial charge in [0.2, 0.25) is 10.0 Å². The molecule has 158 valence electrons. The van der Waals surface area contributed by atoms with Gasteiger partial charge in [-0.2, -0.15) is 4.31 Å². The molecule has 0 saturated carbocycles. The number of anilines is 1. The summed E-state index contributed by atoms with van der Waals surface area (Å²) in [6.45, 7) is 6.61. The first-order valence-corrected chi connectivity index (χ1v) is 12.0. The van der Waals surface area contributed by atoms with Gasteiger partial charge in [0.15, 0.2) is 0 Å². The van der Waals surface area contributed by atoms with Crippen molar-refractivity contribution in [3.8, 4) is 0 Å². The predicted molar refractivity (Wildman–Crippen MR) is 118 cm³/mol. The van der Waals surface area contributed by atoms with Crippen LogP contribution in [-0.4, -0.2) is 38.5 Å². The van der Waals surface area contributed by atoms with Crippen LogP contribution >= 0.6 is 0 Å². The quantitative estimate of drug-likeness (QED) is 0.663. The second kappa shape index (κ2) is 10.2. The Bertz CT molecular complexity index is 845. The Morgan fingerprint density at radius 3 is 2.28 bits per heavy atom. The largest absolute Gasteiger partial charge is 0.382 e. The second-order valence-corrected chi connectivity index (χ2v) is 10.1. The maximum atomic E-state index is 13.1. The zero-order valence-corrected chi connectivity index (χ0v) is 18.2.